The third-order valence-corrected chi connectivity index (χ3v) is 2.42. The van der Waals surface area contributed by atoms with Gasteiger partial charge in [-0.15, -0.1) is 0 Å². The molecule has 0 aromatic heterocycles. The molecule has 17 heavy (non-hydrogen) atoms. The fraction of sp³-hybridized carbons (Fsp3) is 0.636. The molecule has 1 aliphatic heterocycles. The lowest BCUT2D eigenvalue weighted by molar-refractivity contribution is -0.117. The lowest BCUT2D eigenvalue weighted by atomic mass is 10.3. The summed E-state index contributed by atoms with van der Waals surface area (Å²) in [6.45, 7) is 5.28. The van der Waals surface area contributed by atoms with Crippen LogP contribution in [0.1, 0.15) is 6.42 Å². The molecule has 6 heteroatoms. The summed E-state index contributed by atoms with van der Waals surface area (Å²) in [6.07, 6.45) is 3.86. The zero-order valence-electron chi connectivity index (χ0n) is 9.85. The SMILES string of the molecule is O=CC=CC(=O)NNCCCN1CCOCC1. The van der Waals surface area contributed by atoms with E-state index in [2.05, 4.69) is 15.8 Å². The van der Waals surface area contributed by atoms with E-state index in [0.29, 0.717) is 12.8 Å². The van der Waals surface area contributed by atoms with E-state index in [4.69, 9.17) is 4.74 Å². The molecule has 1 aliphatic rings. The first-order valence-corrected chi connectivity index (χ1v) is 5.77. The van der Waals surface area contributed by atoms with Gasteiger partial charge in [-0.3, -0.25) is 19.9 Å². The predicted molar refractivity (Wildman–Crippen MR) is 63.2 cm³/mol. The fourth-order valence-electron chi connectivity index (χ4n) is 1.53. The van der Waals surface area contributed by atoms with Crippen molar-refractivity contribution < 1.29 is 14.3 Å². The Morgan fingerprint density at radius 3 is 2.82 bits per heavy atom. The van der Waals surface area contributed by atoms with Gasteiger partial charge >= 0.3 is 0 Å². The van der Waals surface area contributed by atoms with Crippen molar-refractivity contribution >= 4 is 12.2 Å². The number of nitrogens with zero attached hydrogens (tertiary/aromatic N) is 1. The highest BCUT2D eigenvalue weighted by molar-refractivity contribution is 5.90. The summed E-state index contributed by atoms with van der Waals surface area (Å²) < 4.78 is 5.25. The summed E-state index contributed by atoms with van der Waals surface area (Å²) in [6, 6.07) is 0. The normalized spacial score (nSPS) is 17.2. The van der Waals surface area contributed by atoms with E-state index >= 15 is 0 Å². The van der Waals surface area contributed by atoms with E-state index in [1.165, 1.54) is 6.08 Å². The molecule has 1 heterocycles. The fourth-order valence-corrected chi connectivity index (χ4v) is 1.53. The molecule has 6 nitrogen and oxygen atoms in total. The predicted octanol–water partition coefficient (Wildman–Crippen LogP) is -0.915. The van der Waals surface area contributed by atoms with Crippen molar-refractivity contribution in [3.8, 4) is 0 Å². The van der Waals surface area contributed by atoms with E-state index in [9.17, 15) is 9.59 Å². The Labute approximate surface area is 101 Å². The van der Waals surface area contributed by atoms with E-state index < -0.39 is 0 Å². The van der Waals surface area contributed by atoms with Crippen LogP contribution in [0.15, 0.2) is 12.2 Å². The average molecular weight is 241 g/mol. The number of aldehydes is 1. The molecule has 1 fully saturated rings. The number of carbonyl (C=O) groups excluding carboxylic acids is 2. The zero-order valence-corrected chi connectivity index (χ0v) is 9.85. The molecule has 0 aromatic rings. The molecule has 1 rings (SSSR count). The molecule has 0 aromatic carbocycles. The molecule has 0 saturated carbocycles. The minimum Gasteiger partial charge on any atom is -0.379 e. The molecule has 0 unspecified atom stereocenters. The average Bonchev–Trinajstić information content (AvgIpc) is 2.37. The van der Waals surface area contributed by atoms with Crippen LogP contribution in [0, 0.1) is 0 Å². The van der Waals surface area contributed by atoms with Crippen LogP contribution in [-0.2, 0) is 14.3 Å². The van der Waals surface area contributed by atoms with Gasteiger partial charge in [-0.25, -0.2) is 5.43 Å². The van der Waals surface area contributed by atoms with E-state index in [-0.39, 0.29) is 5.91 Å². The maximum atomic E-state index is 11.0. The second-order valence-corrected chi connectivity index (χ2v) is 3.72. The Hall–Kier alpha value is -1.24. The van der Waals surface area contributed by atoms with Crippen molar-refractivity contribution in [2.24, 2.45) is 0 Å². The van der Waals surface area contributed by atoms with Crippen LogP contribution in [-0.4, -0.2) is 56.5 Å². The number of carbonyl (C=O) groups is 2. The van der Waals surface area contributed by atoms with Crippen molar-refractivity contribution in [3.63, 3.8) is 0 Å². The summed E-state index contributed by atoms with van der Waals surface area (Å²) in [5, 5.41) is 0. The van der Waals surface area contributed by atoms with E-state index in [0.717, 1.165) is 45.3 Å². The van der Waals surface area contributed by atoms with Gasteiger partial charge in [0.25, 0.3) is 5.91 Å². The van der Waals surface area contributed by atoms with Crippen molar-refractivity contribution in [2.45, 2.75) is 6.42 Å². The largest absolute Gasteiger partial charge is 0.379 e. The third kappa shape index (κ3) is 6.83. The van der Waals surface area contributed by atoms with E-state index in [1.54, 1.807) is 0 Å². The van der Waals surface area contributed by atoms with Crippen LogP contribution in [0.2, 0.25) is 0 Å². The minimum absolute atomic E-state index is 0.316. The van der Waals surface area contributed by atoms with Crippen molar-refractivity contribution in [2.75, 3.05) is 39.4 Å². The number of allylic oxidation sites excluding steroid dienone is 1. The third-order valence-electron chi connectivity index (χ3n) is 2.42. The van der Waals surface area contributed by atoms with Crippen LogP contribution in [0.4, 0.5) is 0 Å². The van der Waals surface area contributed by atoms with Crippen molar-refractivity contribution in [3.05, 3.63) is 12.2 Å². The summed E-state index contributed by atoms with van der Waals surface area (Å²) >= 11 is 0. The first-order valence-electron chi connectivity index (χ1n) is 5.77. The Balaban J connectivity index is 1.94. The Kier molecular flexibility index (Phi) is 7.20. The van der Waals surface area contributed by atoms with Gasteiger partial charge in [0.1, 0.15) is 6.29 Å². The highest BCUT2D eigenvalue weighted by Gasteiger charge is 2.08. The number of ether oxygens (including phenoxy) is 1. The number of hydrazine groups is 1. The van der Waals surface area contributed by atoms with Gasteiger partial charge in [0.15, 0.2) is 0 Å². The van der Waals surface area contributed by atoms with Gasteiger partial charge in [-0.05, 0) is 19.0 Å². The summed E-state index contributed by atoms with van der Waals surface area (Å²) in [4.78, 5) is 23.3. The van der Waals surface area contributed by atoms with Gasteiger partial charge in [-0.1, -0.05) is 0 Å². The Morgan fingerprint density at radius 1 is 1.35 bits per heavy atom. The van der Waals surface area contributed by atoms with Crippen molar-refractivity contribution in [1.29, 1.82) is 0 Å². The number of rotatable bonds is 7. The lowest BCUT2D eigenvalue weighted by Gasteiger charge is -2.26. The quantitative estimate of drug-likeness (QED) is 0.261. The molecule has 1 amide bonds. The second-order valence-electron chi connectivity index (χ2n) is 3.72. The summed E-state index contributed by atoms with van der Waals surface area (Å²) in [5.41, 5.74) is 5.29. The maximum absolute atomic E-state index is 11.0. The Bertz CT molecular complexity index is 263. The van der Waals surface area contributed by atoms with Gasteiger partial charge < -0.3 is 4.74 Å². The van der Waals surface area contributed by atoms with E-state index in [1.807, 2.05) is 0 Å². The molecule has 0 atom stereocenters. The molecular weight excluding hydrogens is 222 g/mol. The molecule has 96 valence electrons. The van der Waals surface area contributed by atoms with Gasteiger partial charge in [-0.2, -0.15) is 0 Å². The topological polar surface area (TPSA) is 70.7 Å². The van der Waals surface area contributed by atoms with Crippen LogP contribution in [0.3, 0.4) is 0 Å². The number of hydrogen-bond donors (Lipinski definition) is 2. The van der Waals surface area contributed by atoms with Crippen LogP contribution in [0.25, 0.3) is 0 Å². The number of morpholine rings is 1. The lowest BCUT2D eigenvalue weighted by Crippen LogP contribution is -2.40. The summed E-state index contributed by atoms with van der Waals surface area (Å²) in [5.74, 6) is -0.316. The van der Waals surface area contributed by atoms with Crippen LogP contribution < -0.4 is 10.9 Å². The monoisotopic (exact) mass is 241 g/mol. The molecule has 0 radical (unpaired) electrons. The van der Waals surface area contributed by atoms with Crippen molar-refractivity contribution in [1.82, 2.24) is 15.8 Å². The molecule has 0 bridgehead atoms. The van der Waals surface area contributed by atoms with Gasteiger partial charge in [0, 0.05) is 25.7 Å². The number of nitrogens with one attached hydrogen (secondary N) is 2. The van der Waals surface area contributed by atoms with Gasteiger partial charge in [0.2, 0.25) is 0 Å². The zero-order chi connectivity index (χ0) is 12.3. The minimum atomic E-state index is -0.316. The first-order chi connectivity index (χ1) is 8.33. The van der Waals surface area contributed by atoms with Crippen LogP contribution in [0.5, 0.6) is 0 Å². The molecule has 2 N–H and O–H groups in total. The second kappa shape index (κ2) is 8.86. The molecule has 0 spiro atoms. The summed E-state index contributed by atoms with van der Waals surface area (Å²) in [7, 11) is 0. The standard InChI is InChI=1S/C11H19N3O3/c15-8-1-3-11(16)13-12-4-2-5-14-6-9-17-10-7-14/h1,3,8,12H,2,4-7,9-10H2,(H,13,16). The molecule has 1 saturated heterocycles. The van der Waals surface area contributed by atoms with Crippen LogP contribution >= 0.6 is 0 Å². The Morgan fingerprint density at radius 2 is 2.12 bits per heavy atom. The van der Waals surface area contributed by atoms with Gasteiger partial charge in [0.05, 0.1) is 13.2 Å². The highest BCUT2D eigenvalue weighted by Crippen LogP contribution is 1.96. The molecular formula is C11H19N3O3. The first kappa shape index (κ1) is 13.8. The number of hydrogen-bond acceptors (Lipinski definition) is 5. The smallest absolute Gasteiger partial charge is 0.258 e. The highest BCUT2D eigenvalue weighted by atomic mass is 16.5. The molecule has 0 aliphatic carbocycles. The maximum Gasteiger partial charge on any atom is 0.258 e. The number of amides is 1.